The van der Waals surface area contributed by atoms with Gasteiger partial charge in [0.05, 0.1) is 17.6 Å². The number of likely N-dealkylation sites (N-methyl/N-ethyl adjacent to an activating group) is 1. The summed E-state index contributed by atoms with van der Waals surface area (Å²) in [5.74, 6) is 1.22. The first-order valence-electron chi connectivity index (χ1n) is 10.3. The van der Waals surface area contributed by atoms with E-state index in [1.807, 2.05) is 43.3 Å². The Hall–Kier alpha value is -3.15. The molecule has 1 atom stereocenters. The monoisotopic (exact) mass is 406 g/mol. The molecule has 0 fully saturated rings. The van der Waals surface area contributed by atoms with Crippen molar-refractivity contribution in [2.24, 2.45) is 5.92 Å². The summed E-state index contributed by atoms with van der Waals surface area (Å²) in [6.07, 6.45) is 2.71. The molecule has 156 valence electrons. The fourth-order valence-corrected chi connectivity index (χ4v) is 4.00. The van der Waals surface area contributed by atoms with Gasteiger partial charge in [-0.15, -0.1) is 0 Å². The second-order valence-electron chi connectivity index (χ2n) is 8.12. The minimum atomic E-state index is -0.463. The van der Waals surface area contributed by atoms with Crippen LogP contribution in [-0.4, -0.2) is 35.4 Å². The number of amides is 1. The maximum absolute atomic E-state index is 13.1. The molecule has 6 nitrogen and oxygen atoms in total. The number of nitrogens with zero attached hydrogens (tertiary/aromatic N) is 2. The van der Waals surface area contributed by atoms with Gasteiger partial charge in [-0.25, -0.2) is 4.79 Å². The van der Waals surface area contributed by atoms with Crippen LogP contribution in [0.25, 0.3) is 10.9 Å². The van der Waals surface area contributed by atoms with Crippen LogP contribution >= 0.6 is 0 Å². The SMILES string of the molecule is Cc1ccc(CN(C)C(=O)COC(=O)c2c3c(nc4ccccc24)CC[C@@H](C)C3)o1. The van der Waals surface area contributed by atoms with E-state index in [1.54, 1.807) is 7.05 Å². The first-order valence-corrected chi connectivity index (χ1v) is 10.3. The molecular weight excluding hydrogens is 380 g/mol. The fraction of sp³-hybridized carbons (Fsp3) is 0.375. The molecule has 1 aliphatic carbocycles. The van der Waals surface area contributed by atoms with Gasteiger partial charge in [0.15, 0.2) is 6.61 Å². The number of fused-ring (bicyclic) bond motifs is 2. The van der Waals surface area contributed by atoms with Crippen molar-refractivity contribution < 1.29 is 18.7 Å². The first kappa shape index (κ1) is 20.1. The lowest BCUT2D eigenvalue weighted by Gasteiger charge is -2.24. The molecule has 1 amide bonds. The van der Waals surface area contributed by atoms with Gasteiger partial charge in [0.2, 0.25) is 0 Å². The van der Waals surface area contributed by atoms with Gasteiger partial charge < -0.3 is 14.1 Å². The maximum atomic E-state index is 13.1. The van der Waals surface area contributed by atoms with Crippen LogP contribution in [0.3, 0.4) is 0 Å². The van der Waals surface area contributed by atoms with Crippen molar-refractivity contribution in [3.05, 3.63) is 64.7 Å². The number of aryl methyl sites for hydroxylation is 2. The highest BCUT2D eigenvalue weighted by molar-refractivity contribution is 6.05. The van der Waals surface area contributed by atoms with Crippen LogP contribution in [-0.2, 0) is 28.9 Å². The van der Waals surface area contributed by atoms with Crippen LogP contribution in [0, 0.1) is 12.8 Å². The zero-order valence-corrected chi connectivity index (χ0v) is 17.6. The van der Waals surface area contributed by atoms with E-state index in [4.69, 9.17) is 14.1 Å². The highest BCUT2D eigenvalue weighted by Gasteiger charge is 2.26. The molecule has 3 aromatic rings. The Kier molecular flexibility index (Phi) is 5.57. The van der Waals surface area contributed by atoms with E-state index in [9.17, 15) is 9.59 Å². The second kappa shape index (κ2) is 8.30. The molecule has 30 heavy (non-hydrogen) atoms. The molecule has 4 rings (SSSR count). The molecule has 0 aliphatic heterocycles. The summed E-state index contributed by atoms with van der Waals surface area (Å²) < 4.78 is 11.0. The summed E-state index contributed by atoms with van der Waals surface area (Å²) >= 11 is 0. The standard InChI is InChI=1S/C24H26N2O4/c1-15-8-11-21-19(12-15)23(18-6-4-5-7-20(18)25-21)24(28)29-14-22(27)26(3)13-17-10-9-16(2)30-17/h4-7,9-10,15H,8,11-14H2,1-3H3/t15-/m1/s1. The molecule has 0 unspecified atom stereocenters. The van der Waals surface area contributed by atoms with E-state index in [0.717, 1.165) is 47.2 Å². The summed E-state index contributed by atoms with van der Waals surface area (Å²) in [6, 6.07) is 11.3. The van der Waals surface area contributed by atoms with Gasteiger partial charge >= 0.3 is 5.97 Å². The van der Waals surface area contributed by atoms with E-state index in [-0.39, 0.29) is 12.5 Å². The smallest absolute Gasteiger partial charge is 0.339 e. The van der Waals surface area contributed by atoms with Gasteiger partial charge in [-0.1, -0.05) is 25.1 Å². The zero-order chi connectivity index (χ0) is 21.3. The molecule has 0 N–H and O–H groups in total. The third-order valence-corrected chi connectivity index (χ3v) is 5.65. The van der Waals surface area contributed by atoms with Crippen molar-refractivity contribution in [2.75, 3.05) is 13.7 Å². The quantitative estimate of drug-likeness (QED) is 0.597. The van der Waals surface area contributed by atoms with Crippen molar-refractivity contribution in [3.63, 3.8) is 0 Å². The normalized spacial score (nSPS) is 15.6. The average Bonchev–Trinajstić information content (AvgIpc) is 3.14. The number of carbonyl (C=O) groups is 2. The van der Waals surface area contributed by atoms with Crippen molar-refractivity contribution in [3.8, 4) is 0 Å². The molecule has 1 aliphatic rings. The summed E-state index contributed by atoms with van der Waals surface area (Å²) in [6.45, 7) is 4.06. The van der Waals surface area contributed by atoms with Gasteiger partial charge in [0, 0.05) is 18.1 Å². The second-order valence-corrected chi connectivity index (χ2v) is 8.12. The predicted octanol–water partition coefficient (Wildman–Crippen LogP) is 4.08. The van der Waals surface area contributed by atoms with Crippen molar-refractivity contribution >= 4 is 22.8 Å². The van der Waals surface area contributed by atoms with E-state index < -0.39 is 5.97 Å². The molecule has 1 aromatic carbocycles. The number of ether oxygens (including phenoxy) is 1. The number of benzene rings is 1. The number of pyridine rings is 1. The largest absolute Gasteiger partial charge is 0.464 e. The first-order chi connectivity index (χ1) is 14.4. The Balaban J connectivity index is 1.53. The van der Waals surface area contributed by atoms with Crippen LogP contribution in [0.2, 0.25) is 0 Å². The fourth-order valence-electron chi connectivity index (χ4n) is 4.00. The van der Waals surface area contributed by atoms with Crippen molar-refractivity contribution in [1.29, 1.82) is 0 Å². The van der Waals surface area contributed by atoms with Gasteiger partial charge in [-0.2, -0.15) is 0 Å². The minimum Gasteiger partial charge on any atom is -0.464 e. The Labute approximate surface area is 175 Å². The van der Waals surface area contributed by atoms with Crippen LogP contribution < -0.4 is 0 Å². The molecule has 2 aromatic heterocycles. The molecule has 0 spiro atoms. The number of hydrogen-bond donors (Lipinski definition) is 0. The Morgan fingerprint density at radius 2 is 2.03 bits per heavy atom. The molecular formula is C24H26N2O4. The molecule has 6 heteroatoms. The molecule has 2 heterocycles. The van der Waals surface area contributed by atoms with Gasteiger partial charge in [-0.3, -0.25) is 9.78 Å². The topological polar surface area (TPSA) is 72.6 Å². The van der Waals surface area contributed by atoms with Crippen LogP contribution in [0.1, 0.15) is 46.5 Å². The lowest BCUT2D eigenvalue weighted by atomic mass is 9.84. The lowest BCUT2D eigenvalue weighted by Crippen LogP contribution is -2.31. The predicted molar refractivity (Wildman–Crippen MR) is 113 cm³/mol. The highest BCUT2D eigenvalue weighted by Crippen LogP contribution is 2.32. The molecule has 0 bridgehead atoms. The summed E-state index contributed by atoms with van der Waals surface area (Å²) in [4.78, 5) is 31.8. The van der Waals surface area contributed by atoms with Crippen LogP contribution in [0.4, 0.5) is 0 Å². The highest BCUT2D eigenvalue weighted by atomic mass is 16.5. The number of carbonyl (C=O) groups excluding carboxylic acids is 2. The number of rotatable bonds is 5. The number of furan rings is 1. The Morgan fingerprint density at radius 3 is 2.80 bits per heavy atom. The maximum Gasteiger partial charge on any atom is 0.339 e. The number of para-hydroxylation sites is 1. The summed E-state index contributed by atoms with van der Waals surface area (Å²) in [5.41, 5.74) is 3.27. The molecule has 0 saturated carbocycles. The third-order valence-electron chi connectivity index (χ3n) is 5.65. The number of hydrogen-bond acceptors (Lipinski definition) is 5. The van der Waals surface area contributed by atoms with Gasteiger partial charge in [-0.05, 0) is 55.9 Å². The van der Waals surface area contributed by atoms with E-state index in [0.29, 0.717) is 23.8 Å². The van der Waals surface area contributed by atoms with Crippen molar-refractivity contribution in [1.82, 2.24) is 9.88 Å². The average molecular weight is 406 g/mol. The minimum absolute atomic E-state index is 0.280. The third kappa shape index (κ3) is 4.08. The van der Waals surface area contributed by atoms with Crippen LogP contribution in [0.5, 0.6) is 0 Å². The van der Waals surface area contributed by atoms with Gasteiger partial charge in [0.1, 0.15) is 11.5 Å². The zero-order valence-electron chi connectivity index (χ0n) is 17.6. The summed E-state index contributed by atoms with van der Waals surface area (Å²) in [7, 11) is 1.67. The van der Waals surface area contributed by atoms with E-state index in [2.05, 4.69) is 6.92 Å². The van der Waals surface area contributed by atoms with Crippen LogP contribution in [0.15, 0.2) is 40.8 Å². The number of esters is 1. The number of aromatic nitrogens is 1. The summed E-state index contributed by atoms with van der Waals surface area (Å²) in [5, 5.41) is 0.780. The Morgan fingerprint density at radius 1 is 1.23 bits per heavy atom. The van der Waals surface area contributed by atoms with E-state index >= 15 is 0 Å². The van der Waals surface area contributed by atoms with Gasteiger partial charge in [0.25, 0.3) is 5.91 Å². The molecule has 0 radical (unpaired) electrons. The molecule has 0 saturated heterocycles. The van der Waals surface area contributed by atoms with Crippen molar-refractivity contribution in [2.45, 2.75) is 39.7 Å². The lowest BCUT2D eigenvalue weighted by molar-refractivity contribution is -0.134. The Bertz CT molecular complexity index is 1100. The van der Waals surface area contributed by atoms with E-state index in [1.165, 1.54) is 4.90 Å².